The van der Waals surface area contributed by atoms with Gasteiger partial charge in [0.25, 0.3) is 0 Å². The normalized spacial score (nSPS) is 11.3. The lowest BCUT2D eigenvalue weighted by atomic mass is 9.91. The second-order valence-corrected chi connectivity index (χ2v) is 10.4. The summed E-state index contributed by atoms with van der Waals surface area (Å²) in [6.07, 6.45) is 0. The van der Waals surface area contributed by atoms with E-state index in [1.54, 1.807) is 6.07 Å². The average Bonchev–Trinajstić information content (AvgIpc) is 3.62. The van der Waals surface area contributed by atoms with Gasteiger partial charge in [-0.15, -0.1) is 0 Å². The van der Waals surface area contributed by atoms with Crippen LogP contribution in [0, 0.1) is 22.7 Å². The Morgan fingerprint density at radius 1 is 0.405 bits per heavy atom. The Labute approximate surface area is 240 Å². The van der Waals surface area contributed by atoms with Crippen molar-refractivity contribution in [1.82, 2.24) is 0 Å². The molecule has 0 aliphatic heterocycles. The summed E-state index contributed by atoms with van der Waals surface area (Å²) in [5.41, 5.74) is 10.1. The average molecular weight is 537 g/mol. The van der Waals surface area contributed by atoms with Crippen LogP contribution in [-0.4, -0.2) is 0 Å². The highest BCUT2D eigenvalue weighted by Crippen LogP contribution is 2.39. The van der Waals surface area contributed by atoms with Crippen molar-refractivity contribution in [2.75, 3.05) is 0 Å². The van der Waals surface area contributed by atoms with Crippen LogP contribution in [-0.2, 0) is 0 Å². The maximum Gasteiger partial charge on any atom is 0.153 e. The predicted octanol–water partition coefficient (Wildman–Crippen LogP) is 10.2. The van der Waals surface area contributed by atoms with Gasteiger partial charge < -0.3 is 8.83 Å². The number of benzene rings is 6. The smallest absolute Gasteiger partial charge is 0.153 e. The molecule has 8 aromatic rings. The van der Waals surface area contributed by atoms with E-state index in [9.17, 15) is 10.5 Å². The molecule has 4 nitrogen and oxygen atoms in total. The van der Waals surface area contributed by atoms with Gasteiger partial charge in [0.2, 0.25) is 0 Å². The number of nitriles is 2. The van der Waals surface area contributed by atoms with Crippen LogP contribution in [0.15, 0.2) is 130 Å². The van der Waals surface area contributed by atoms with E-state index in [2.05, 4.69) is 54.6 Å². The number of fused-ring (bicyclic) bond motifs is 6. The van der Waals surface area contributed by atoms with Crippen molar-refractivity contribution in [3.8, 4) is 45.5 Å². The van der Waals surface area contributed by atoms with Crippen LogP contribution in [0.5, 0.6) is 0 Å². The van der Waals surface area contributed by atoms with Crippen molar-refractivity contribution in [2.45, 2.75) is 0 Å². The van der Waals surface area contributed by atoms with Crippen LogP contribution < -0.4 is 0 Å². The van der Waals surface area contributed by atoms with Crippen molar-refractivity contribution in [1.29, 1.82) is 10.5 Å². The minimum atomic E-state index is 0.518. The third-order valence-electron chi connectivity index (χ3n) is 7.95. The van der Waals surface area contributed by atoms with Gasteiger partial charge in [-0.1, -0.05) is 60.7 Å². The van der Waals surface area contributed by atoms with Crippen molar-refractivity contribution >= 4 is 43.9 Å². The lowest BCUT2D eigenvalue weighted by molar-refractivity contribution is 0.667. The summed E-state index contributed by atoms with van der Waals surface area (Å²) in [7, 11) is 0. The van der Waals surface area contributed by atoms with E-state index < -0.39 is 0 Å². The molecule has 0 atom stereocenters. The first kappa shape index (κ1) is 23.8. The number of hydrogen-bond acceptors (Lipinski definition) is 4. The molecule has 0 aliphatic rings. The maximum absolute atomic E-state index is 9.89. The molecule has 42 heavy (non-hydrogen) atoms. The molecule has 0 spiro atoms. The summed E-state index contributed by atoms with van der Waals surface area (Å²) in [5, 5.41) is 23.5. The van der Waals surface area contributed by atoms with Crippen LogP contribution in [0.25, 0.3) is 77.3 Å². The molecule has 0 bridgehead atoms. The molecule has 0 saturated carbocycles. The fraction of sp³-hybridized carbons (Fsp3) is 0. The quantitative estimate of drug-likeness (QED) is 0.225. The Morgan fingerprint density at radius 2 is 0.976 bits per heavy atom. The second kappa shape index (κ2) is 9.24. The molecule has 2 aromatic heterocycles. The van der Waals surface area contributed by atoms with Crippen molar-refractivity contribution in [3.63, 3.8) is 0 Å². The first-order chi connectivity index (χ1) is 20.7. The molecule has 0 N–H and O–H groups in total. The summed E-state index contributed by atoms with van der Waals surface area (Å²) >= 11 is 0. The summed E-state index contributed by atoms with van der Waals surface area (Å²) < 4.78 is 12.2. The van der Waals surface area contributed by atoms with Crippen molar-refractivity contribution in [2.24, 2.45) is 0 Å². The minimum Gasteiger partial charge on any atom is -0.456 e. The van der Waals surface area contributed by atoms with Gasteiger partial charge in [0.1, 0.15) is 22.8 Å². The highest BCUT2D eigenvalue weighted by atomic mass is 16.3. The molecular weight excluding hydrogens is 516 g/mol. The van der Waals surface area contributed by atoms with E-state index in [0.717, 1.165) is 71.7 Å². The van der Waals surface area contributed by atoms with Crippen LogP contribution in [0.1, 0.15) is 11.1 Å². The lowest BCUT2D eigenvalue weighted by Crippen LogP contribution is -1.89. The molecule has 0 saturated heterocycles. The standard InChI is InChI=1S/C38H20N2O2/c39-21-25-6-1-2-8-30(25)29-17-27(23-12-14-36-33(19-23)31-9-3-4-11-35(31)41-36)16-28(18-29)24-13-15-37-34(20-24)32-10-5-7-26(22-40)38(32)42-37/h1-20H. The molecule has 0 amide bonds. The van der Waals surface area contributed by atoms with Gasteiger partial charge in [-0.05, 0) is 94.0 Å². The van der Waals surface area contributed by atoms with E-state index >= 15 is 0 Å². The maximum atomic E-state index is 9.89. The summed E-state index contributed by atoms with van der Waals surface area (Å²) in [4.78, 5) is 0. The molecule has 2 heterocycles. The summed E-state index contributed by atoms with van der Waals surface area (Å²) in [6, 6.07) is 44.9. The minimum absolute atomic E-state index is 0.518. The molecule has 8 rings (SSSR count). The molecule has 0 radical (unpaired) electrons. The van der Waals surface area contributed by atoms with Gasteiger partial charge in [0.05, 0.1) is 17.2 Å². The van der Waals surface area contributed by atoms with Crippen LogP contribution in [0.2, 0.25) is 0 Å². The molecule has 6 aromatic carbocycles. The van der Waals surface area contributed by atoms with Crippen LogP contribution in [0.4, 0.5) is 0 Å². The highest BCUT2D eigenvalue weighted by molar-refractivity contribution is 6.08. The Morgan fingerprint density at radius 3 is 1.74 bits per heavy atom. The van der Waals surface area contributed by atoms with Crippen LogP contribution in [0.3, 0.4) is 0 Å². The Balaban J connectivity index is 1.37. The topological polar surface area (TPSA) is 73.9 Å². The fourth-order valence-electron chi connectivity index (χ4n) is 5.92. The lowest BCUT2D eigenvalue weighted by Gasteiger charge is -2.12. The number of rotatable bonds is 3. The Kier molecular flexibility index (Phi) is 5.22. The largest absolute Gasteiger partial charge is 0.456 e. The van der Waals surface area contributed by atoms with Crippen LogP contribution >= 0.6 is 0 Å². The van der Waals surface area contributed by atoms with Crippen molar-refractivity contribution < 1.29 is 8.83 Å². The number of hydrogen-bond donors (Lipinski definition) is 0. The highest BCUT2D eigenvalue weighted by Gasteiger charge is 2.15. The number of furan rings is 2. The van der Waals surface area contributed by atoms with Gasteiger partial charge in [0, 0.05) is 21.5 Å². The third-order valence-corrected chi connectivity index (χ3v) is 7.95. The predicted molar refractivity (Wildman–Crippen MR) is 167 cm³/mol. The Bertz CT molecular complexity index is 2450. The van der Waals surface area contributed by atoms with Gasteiger partial charge in [0.15, 0.2) is 5.58 Å². The molecular formula is C38H20N2O2. The molecule has 4 heteroatoms. The Hall–Kier alpha value is -6.10. The number of nitrogens with zero attached hydrogens (tertiary/aromatic N) is 2. The van der Waals surface area contributed by atoms with Gasteiger partial charge >= 0.3 is 0 Å². The zero-order valence-electron chi connectivity index (χ0n) is 22.3. The summed E-state index contributed by atoms with van der Waals surface area (Å²) in [6.45, 7) is 0. The van der Waals surface area contributed by atoms with Gasteiger partial charge in [-0.3, -0.25) is 0 Å². The van der Waals surface area contributed by atoms with E-state index in [-0.39, 0.29) is 0 Å². The SMILES string of the molecule is N#Cc1ccccc1-c1cc(-c2ccc3oc4ccccc4c3c2)cc(-c2ccc3oc4c(C#N)cccc4c3c2)c1. The van der Waals surface area contributed by atoms with Gasteiger partial charge in [-0.25, -0.2) is 0 Å². The monoisotopic (exact) mass is 536 g/mol. The fourth-order valence-corrected chi connectivity index (χ4v) is 5.92. The summed E-state index contributed by atoms with van der Waals surface area (Å²) in [5.74, 6) is 0. The van der Waals surface area contributed by atoms with E-state index in [1.165, 1.54) is 0 Å². The number of para-hydroxylation sites is 2. The van der Waals surface area contributed by atoms with E-state index in [0.29, 0.717) is 16.7 Å². The second-order valence-electron chi connectivity index (χ2n) is 10.4. The van der Waals surface area contributed by atoms with E-state index in [4.69, 9.17) is 8.83 Å². The first-order valence-corrected chi connectivity index (χ1v) is 13.6. The van der Waals surface area contributed by atoms with E-state index in [1.807, 2.05) is 72.8 Å². The van der Waals surface area contributed by atoms with Crippen molar-refractivity contribution in [3.05, 3.63) is 132 Å². The third kappa shape index (κ3) is 3.68. The van der Waals surface area contributed by atoms with Gasteiger partial charge in [-0.2, -0.15) is 10.5 Å². The zero-order valence-corrected chi connectivity index (χ0v) is 22.3. The molecule has 0 fully saturated rings. The first-order valence-electron chi connectivity index (χ1n) is 13.6. The molecule has 0 aliphatic carbocycles. The molecule has 194 valence electrons. The zero-order chi connectivity index (χ0) is 28.2. The molecule has 0 unspecified atom stereocenters.